The molecule has 3 heterocycles. The van der Waals surface area contributed by atoms with Crippen molar-refractivity contribution in [1.82, 2.24) is 19.6 Å². The van der Waals surface area contributed by atoms with Gasteiger partial charge in [0.2, 0.25) is 0 Å². The van der Waals surface area contributed by atoms with Crippen LogP contribution in [0.15, 0.2) is 53.7 Å². The Morgan fingerprint density at radius 2 is 2.03 bits per heavy atom. The van der Waals surface area contributed by atoms with E-state index in [0.29, 0.717) is 13.2 Å². The highest BCUT2D eigenvalue weighted by atomic mass is 127. The molecule has 0 amide bonds. The van der Waals surface area contributed by atoms with E-state index in [1.165, 1.54) is 16.8 Å². The Morgan fingerprint density at radius 1 is 1.21 bits per heavy atom. The fourth-order valence-electron chi connectivity index (χ4n) is 3.76. The number of rotatable bonds is 3. The molecule has 1 aromatic carbocycles. The first-order chi connectivity index (χ1) is 13.7. The number of aliphatic imine (C=N–C) groups is 1. The van der Waals surface area contributed by atoms with E-state index in [1.54, 1.807) is 0 Å². The summed E-state index contributed by atoms with van der Waals surface area (Å²) in [5.74, 6) is 0.885. The van der Waals surface area contributed by atoms with Crippen LogP contribution in [0.3, 0.4) is 0 Å². The van der Waals surface area contributed by atoms with Gasteiger partial charge < -0.3 is 19.4 Å². The van der Waals surface area contributed by atoms with Gasteiger partial charge in [0.25, 0.3) is 0 Å². The van der Waals surface area contributed by atoms with Gasteiger partial charge in [-0.1, -0.05) is 30.3 Å². The lowest BCUT2D eigenvalue weighted by atomic mass is 10.0. The second kappa shape index (κ2) is 9.58. The summed E-state index contributed by atoms with van der Waals surface area (Å²) in [6, 6.07) is 14.6. The van der Waals surface area contributed by atoms with Gasteiger partial charge in [0.05, 0.1) is 25.4 Å². The van der Waals surface area contributed by atoms with E-state index in [4.69, 9.17) is 9.72 Å². The van der Waals surface area contributed by atoms with E-state index in [9.17, 15) is 0 Å². The van der Waals surface area contributed by atoms with Crippen LogP contribution in [0.2, 0.25) is 0 Å². The van der Waals surface area contributed by atoms with Crippen molar-refractivity contribution in [2.45, 2.75) is 26.5 Å². The van der Waals surface area contributed by atoms with Crippen LogP contribution in [-0.2, 0) is 11.3 Å². The molecule has 2 aromatic heterocycles. The van der Waals surface area contributed by atoms with Crippen molar-refractivity contribution in [3.05, 3.63) is 71.2 Å². The number of aromatic nitrogens is 2. The van der Waals surface area contributed by atoms with Crippen LogP contribution in [0.25, 0.3) is 5.65 Å². The van der Waals surface area contributed by atoms with E-state index < -0.39 is 0 Å². The first kappa shape index (κ1) is 21.6. The second-order valence-electron chi connectivity index (χ2n) is 7.19. The van der Waals surface area contributed by atoms with Crippen LogP contribution in [0.5, 0.6) is 0 Å². The molecule has 1 saturated heterocycles. The lowest BCUT2D eigenvalue weighted by Crippen LogP contribution is -2.48. The van der Waals surface area contributed by atoms with Crippen molar-refractivity contribution in [3.8, 4) is 0 Å². The third-order valence-electron chi connectivity index (χ3n) is 5.29. The number of fused-ring (bicyclic) bond motifs is 1. The Hall–Kier alpha value is -2.13. The van der Waals surface area contributed by atoms with Crippen molar-refractivity contribution in [3.63, 3.8) is 0 Å². The normalized spacial score (nSPS) is 17.3. The van der Waals surface area contributed by atoms with Gasteiger partial charge in [0, 0.05) is 25.5 Å². The molecule has 1 fully saturated rings. The van der Waals surface area contributed by atoms with Gasteiger partial charge in [-0.05, 0) is 37.1 Å². The molecule has 1 unspecified atom stereocenters. The Balaban J connectivity index is 0.00000240. The molecule has 1 atom stereocenters. The van der Waals surface area contributed by atoms with Gasteiger partial charge in [-0.25, -0.2) is 4.98 Å². The standard InChI is InChI=1S/C22H27N5O.HI/c1-16-7-4-5-9-19(16)20-15-26(11-12-28-20)22(23-3)24-13-18-14-27-17(2)8-6-10-21(27)25-18;/h4-10,14,20H,11-13,15H2,1-3H3,(H,23,24);1H. The number of hydrogen-bond acceptors (Lipinski definition) is 3. The zero-order valence-electron chi connectivity index (χ0n) is 17.1. The maximum absolute atomic E-state index is 6.05. The SMILES string of the molecule is CN=C(NCc1cn2c(C)cccc2n1)N1CCOC(c2ccccc2C)C1.I. The molecule has 0 bridgehead atoms. The number of benzene rings is 1. The number of nitrogens with zero attached hydrogens (tertiary/aromatic N) is 4. The molecule has 29 heavy (non-hydrogen) atoms. The van der Waals surface area contributed by atoms with Crippen molar-refractivity contribution >= 4 is 35.6 Å². The van der Waals surface area contributed by atoms with Crippen LogP contribution >= 0.6 is 24.0 Å². The van der Waals surface area contributed by atoms with Crippen LogP contribution < -0.4 is 5.32 Å². The molecular weight excluding hydrogens is 477 g/mol. The number of pyridine rings is 1. The number of ether oxygens (including phenoxy) is 1. The number of halogens is 1. The predicted molar refractivity (Wildman–Crippen MR) is 127 cm³/mol. The Labute approximate surface area is 189 Å². The average molecular weight is 505 g/mol. The summed E-state index contributed by atoms with van der Waals surface area (Å²) >= 11 is 0. The number of hydrogen-bond donors (Lipinski definition) is 1. The Morgan fingerprint density at radius 3 is 2.79 bits per heavy atom. The summed E-state index contributed by atoms with van der Waals surface area (Å²) in [5, 5.41) is 3.47. The van der Waals surface area contributed by atoms with Crippen LogP contribution in [-0.4, -0.2) is 47.0 Å². The molecule has 1 aliphatic rings. The van der Waals surface area contributed by atoms with E-state index in [1.807, 2.05) is 19.2 Å². The van der Waals surface area contributed by atoms with Crippen molar-refractivity contribution < 1.29 is 4.74 Å². The largest absolute Gasteiger partial charge is 0.370 e. The molecule has 6 nitrogen and oxygen atoms in total. The zero-order valence-corrected chi connectivity index (χ0v) is 19.5. The average Bonchev–Trinajstić information content (AvgIpc) is 3.14. The van der Waals surface area contributed by atoms with E-state index in [0.717, 1.165) is 30.4 Å². The number of aryl methyl sites for hydroxylation is 2. The molecule has 7 heteroatoms. The minimum atomic E-state index is 0. The van der Waals surface area contributed by atoms with E-state index in [2.05, 4.69) is 70.0 Å². The monoisotopic (exact) mass is 505 g/mol. The molecule has 1 N–H and O–H groups in total. The minimum absolute atomic E-state index is 0. The van der Waals surface area contributed by atoms with Crippen molar-refractivity contribution in [2.24, 2.45) is 4.99 Å². The lowest BCUT2D eigenvalue weighted by molar-refractivity contribution is -0.00834. The molecule has 0 aliphatic carbocycles. The molecule has 4 rings (SSSR count). The highest BCUT2D eigenvalue weighted by molar-refractivity contribution is 14.0. The topological polar surface area (TPSA) is 54.2 Å². The number of nitrogens with one attached hydrogen (secondary N) is 1. The Kier molecular flexibility index (Phi) is 7.13. The van der Waals surface area contributed by atoms with E-state index >= 15 is 0 Å². The van der Waals surface area contributed by atoms with Gasteiger partial charge in [0.1, 0.15) is 11.8 Å². The maximum atomic E-state index is 6.05. The zero-order chi connectivity index (χ0) is 19.5. The fourth-order valence-corrected chi connectivity index (χ4v) is 3.76. The van der Waals surface area contributed by atoms with Crippen LogP contribution in [0.1, 0.15) is 28.6 Å². The molecule has 3 aromatic rings. The first-order valence-corrected chi connectivity index (χ1v) is 9.72. The molecule has 0 radical (unpaired) electrons. The summed E-state index contributed by atoms with van der Waals surface area (Å²) in [5.41, 5.74) is 5.66. The minimum Gasteiger partial charge on any atom is -0.370 e. The van der Waals surface area contributed by atoms with Crippen LogP contribution in [0, 0.1) is 13.8 Å². The van der Waals surface area contributed by atoms with E-state index in [-0.39, 0.29) is 30.1 Å². The fraction of sp³-hybridized carbons (Fsp3) is 0.364. The smallest absolute Gasteiger partial charge is 0.194 e. The van der Waals surface area contributed by atoms with Crippen LogP contribution in [0.4, 0.5) is 0 Å². The highest BCUT2D eigenvalue weighted by Crippen LogP contribution is 2.25. The van der Waals surface area contributed by atoms with Crippen molar-refractivity contribution in [1.29, 1.82) is 0 Å². The lowest BCUT2D eigenvalue weighted by Gasteiger charge is -2.35. The van der Waals surface area contributed by atoms with Gasteiger partial charge in [-0.15, -0.1) is 24.0 Å². The third kappa shape index (κ3) is 4.72. The molecule has 0 spiro atoms. The maximum Gasteiger partial charge on any atom is 0.194 e. The molecule has 154 valence electrons. The second-order valence-corrected chi connectivity index (χ2v) is 7.19. The predicted octanol–water partition coefficient (Wildman–Crippen LogP) is 3.72. The third-order valence-corrected chi connectivity index (χ3v) is 5.29. The Bertz CT molecular complexity index is 1000. The van der Waals surface area contributed by atoms with Crippen molar-refractivity contribution in [2.75, 3.05) is 26.7 Å². The number of morpholine rings is 1. The van der Waals surface area contributed by atoms with Gasteiger partial charge in [0.15, 0.2) is 5.96 Å². The summed E-state index contributed by atoms with van der Waals surface area (Å²) < 4.78 is 8.16. The molecule has 0 saturated carbocycles. The number of guanidine groups is 1. The van der Waals surface area contributed by atoms with Gasteiger partial charge in [-0.2, -0.15) is 0 Å². The summed E-state index contributed by atoms with van der Waals surface area (Å²) in [6.45, 7) is 7.16. The highest BCUT2D eigenvalue weighted by Gasteiger charge is 2.25. The molecular formula is C22H28IN5O. The summed E-state index contributed by atoms with van der Waals surface area (Å²) in [7, 11) is 1.83. The molecule has 1 aliphatic heterocycles. The quantitative estimate of drug-likeness (QED) is 0.335. The summed E-state index contributed by atoms with van der Waals surface area (Å²) in [6.07, 6.45) is 2.15. The van der Waals surface area contributed by atoms with Gasteiger partial charge >= 0.3 is 0 Å². The first-order valence-electron chi connectivity index (χ1n) is 9.72. The number of imidazole rings is 1. The summed E-state index contributed by atoms with van der Waals surface area (Å²) in [4.78, 5) is 11.5. The van der Waals surface area contributed by atoms with Gasteiger partial charge in [-0.3, -0.25) is 4.99 Å².